The van der Waals surface area contributed by atoms with Gasteiger partial charge >= 0.3 is 0 Å². The standard InChI is InChI=1S/C23H22FN3O4/c24-18-5-7-19(8-6-18)27-23(29)17(13-25)12-16-3-9-20(10-4-16)31-15-22(28)26-14-21-2-1-11-30-21/h3-10,12,21H,1-2,11,14-15H2,(H,26,28)(H,27,29)/b17-12+/t21-/m1/s1. The summed E-state index contributed by atoms with van der Waals surface area (Å²) < 4.78 is 23.9. The molecular weight excluding hydrogens is 401 g/mol. The average Bonchev–Trinajstić information content (AvgIpc) is 3.30. The van der Waals surface area contributed by atoms with E-state index in [9.17, 15) is 19.2 Å². The minimum atomic E-state index is -0.600. The molecule has 0 aromatic heterocycles. The smallest absolute Gasteiger partial charge is 0.266 e. The summed E-state index contributed by atoms with van der Waals surface area (Å²) in [6.07, 6.45) is 3.46. The van der Waals surface area contributed by atoms with Crippen molar-refractivity contribution in [2.45, 2.75) is 18.9 Å². The zero-order valence-electron chi connectivity index (χ0n) is 16.8. The number of halogens is 1. The third-order valence-electron chi connectivity index (χ3n) is 4.58. The molecule has 1 aliphatic rings. The molecule has 31 heavy (non-hydrogen) atoms. The fourth-order valence-electron chi connectivity index (χ4n) is 2.94. The third kappa shape index (κ3) is 6.94. The molecule has 2 aromatic carbocycles. The summed E-state index contributed by atoms with van der Waals surface area (Å²) in [6, 6.07) is 13.7. The quantitative estimate of drug-likeness (QED) is 0.502. The molecule has 0 unspecified atom stereocenters. The molecule has 2 N–H and O–H groups in total. The van der Waals surface area contributed by atoms with Crippen LogP contribution in [-0.4, -0.2) is 37.7 Å². The van der Waals surface area contributed by atoms with E-state index in [1.165, 1.54) is 30.3 Å². The van der Waals surface area contributed by atoms with Gasteiger partial charge < -0.3 is 20.1 Å². The summed E-state index contributed by atoms with van der Waals surface area (Å²) in [5, 5.41) is 14.6. The number of carbonyl (C=O) groups is 2. The Bertz CT molecular complexity index is 975. The second-order valence-electron chi connectivity index (χ2n) is 6.93. The molecular formula is C23H22FN3O4. The molecule has 7 nitrogen and oxygen atoms in total. The second-order valence-corrected chi connectivity index (χ2v) is 6.93. The van der Waals surface area contributed by atoms with Crippen molar-refractivity contribution in [2.75, 3.05) is 25.1 Å². The molecule has 0 bridgehead atoms. The fraction of sp³-hybridized carbons (Fsp3) is 0.261. The Morgan fingerprint density at radius 1 is 1.19 bits per heavy atom. The normalized spacial score (nSPS) is 15.7. The monoisotopic (exact) mass is 423 g/mol. The van der Waals surface area contributed by atoms with Gasteiger partial charge in [-0.05, 0) is 60.9 Å². The minimum absolute atomic E-state index is 0.0737. The third-order valence-corrected chi connectivity index (χ3v) is 4.58. The first-order valence-corrected chi connectivity index (χ1v) is 9.83. The first-order chi connectivity index (χ1) is 15.0. The van der Waals surface area contributed by atoms with Crippen LogP contribution in [0.15, 0.2) is 54.1 Å². The highest BCUT2D eigenvalue weighted by atomic mass is 19.1. The lowest BCUT2D eigenvalue weighted by Gasteiger charge is -2.11. The van der Waals surface area contributed by atoms with E-state index in [2.05, 4.69) is 10.6 Å². The number of nitriles is 1. The van der Waals surface area contributed by atoms with Crippen molar-refractivity contribution in [3.05, 3.63) is 65.5 Å². The van der Waals surface area contributed by atoms with E-state index in [1.54, 1.807) is 24.3 Å². The highest BCUT2D eigenvalue weighted by Crippen LogP contribution is 2.16. The van der Waals surface area contributed by atoms with Gasteiger partial charge in [0.25, 0.3) is 11.8 Å². The highest BCUT2D eigenvalue weighted by molar-refractivity contribution is 6.09. The molecule has 3 rings (SSSR count). The summed E-state index contributed by atoms with van der Waals surface area (Å²) in [5.74, 6) is -0.767. The lowest BCUT2D eigenvalue weighted by molar-refractivity contribution is -0.123. The summed E-state index contributed by atoms with van der Waals surface area (Å²) in [5.41, 5.74) is 0.890. The first kappa shape index (κ1) is 22.0. The summed E-state index contributed by atoms with van der Waals surface area (Å²) in [4.78, 5) is 24.1. The predicted molar refractivity (Wildman–Crippen MR) is 113 cm³/mol. The van der Waals surface area contributed by atoms with Crippen LogP contribution in [0.5, 0.6) is 5.75 Å². The topological polar surface area (TPSA) is 100 Å². The minimum Gasteiger partial charge on any atom is -0.484 e. The van der Waals surface area contributed by atoms with Crippen molar-refractivity contribution < 1.29 is 23.5 Å². The van der Waals surface area contributed by atoms with Crippen molar-refractivity contribution >= 4 is 23.6 Å². The summed E-state index contributed by atoms with van der Waals surface area (Å²) in [6.45, 7) is 1.09. The van der Waals surface area contributed by atoms with Crippen LogP contribution in [0, 0.1) is 17.1 Å². The molecule has 0 saturated carbocycles. The zero-order chi connectivity index (χ0) is 22.1. The number of anilines is 1. The van der Waals surface area contributed by atoms with Crippen molar-refractivity contribution in [2.24, 2.45) is 0 Å². The highest BCUT2D eigenvalue weighted by Gasteiger charge is 2.16. The van der Waals surface area contributed by atoms with Gasteiger partial charge in [0.05, 0.1) is 6.10 Å². The molecule has 1 saturated heterocycles. The van der Waals surface area contributed by atoms with Crippen molar-refractivity contribution in [1.82, 2.24) is 5.32 Å². The summed E-state index contributed by atoms with van der Waals surface area (Å²) >= 11 is 0. The van der Waals surface area contributed by atoms with Crippen LogP contribution in [0.3, 0.4) is 0 Å². The number of nitrogens with one attached hydrogen (secondary N) is 2. The largest absolute Gasteiger partial charge is 0.484 e. The van der Waals surface area contributed by atoms with Gasteiger partial charge in [-0.15, -0.1) is 0 Å². The number of rotatable bonds is 8. The number of hydrogen-bond donors (Lipinski definition) is 2. The van der Waals surface area contributed by atoms with Gasteiger partial charge in [0.2, 0.25) is 0 Å². The van der Waals surface area contributed by atoms with Gasteiger partial charge in [-0.25, -0.2) is 4.39 Å². The molecule has 0 radical (unpaired) electrons. The van der Waals surface area contributed by atoms with E-state index in [1.807, 2.05) is 6.07 Å². The predicted octanol–water partition coefficient (Wildman–Crippen LogP) is 3.05. The van der Waals surface area contributed by atoms with Crippen LogP contribution in [0.1, 0.15) is 18.4 Å². The number of amides is 2. The maximum Gasteiger partial charge on any atom is 0.266 e. The number of benzene rings is 2. The lowest BCUT2D eigenvalue weighted by Crippen LogP contribution is -2.35. The van der Waals surface area contributed by atoms with Gasteiger partial charge in [0.1, 0.15) is 23.2 Å². The van der Waals surface area contributed by atoms with Crippen LogP contribution in [-0.2, 0) is 14.3 Å². The van der Waals surface area contributed by atoms with Crippen LogP contribution < -0.4 is 15.4 Å². The zero-order valence-corrected chi connectivity index (χ0v) is 16.8. The Kier molecular flexibility index (Phi) is 7.73. The number of carbonyl (C=O) groups excluding carboxylic acids is 2. The molecule has 1 fully saturated rings. The SMILES string of the molecule is N#C/C(=C\c1ccc(OCC(=O)NC[C@H]2CCCO2)cc1)C(=O)Nc1ccc(F)cc1. The molecule has 0 aliphatic carbocycles. The molecule has 2 aromatic rings. The molecule has 1 aliphatic heterocycles. The number of hydrogen-bond acceptors (Lipinski definition) is 5. The molecule has 1 heterocycles. The van der Waals surface area contributed by atoms with Gasteiger partial charge in [0, 0.05) is 18.8 Å². The molecule has 2 amide bonds. The maximum atomic E-state index is 13.0. The second kappa shape index (κ2) is 10.9. The Morgan fingerprint density at radius 2 is 1.94 bits per heavy atom. The Morgan fingerprint density at radius 3 is 2.58 bits per heavy atom. The van der Waals surface area contributed by atoms with Crippen LogP contribution in [0.4, 0.5) is 10.1 Å². The van der Waals surface area contributed by atoms with E-state index >= 15 is 0 Å². The Balaban J connectivity index is 1.51. The van der Waals surface area contributed by atoms with Crippen LogP contribution >= 0.6 is 0 Å². The van der Waals surface area contributed by atoms with Crippen molar-refractivity contribution in [3.63, 3.8) is 0 Å². The Hall–Kier alpha value is -3.70. The summed E-state index contributed by atoms with van der Waals surface area (Å²) in [7, 11) is 0. The molecule has 8 heteroatoms. The van der Waals surface area contributed by atoms with Gasteiger partial charge in [-0.2, -0.15) is 5.26 Å². The van der Waals surface area contributed by atoms with Crippen LogP contribution in [0.25, 0.3) is 6.08 Å². The lowest BCUT2D eigenvalue weighted by atomic mass is 10.1. The Labute approximate surface area is 179 Å². The molecule has 1 atom stereocenters. The van der Waals surface area contributed by atoms with Gasteiger partial charge in [-0.1, -0.05) is 12.1 Å². The maximum absolute atomic E-state index is 13.0. The average molecular weight is 423 g/mol. The van der Waals surface area contributed by atoms with E-state index in [-0.39, 0.29) is 24.2 Å². The van der Waals surface area contributed by atoms with Gasteiger partial charge in [0.15, 0.2) is 6.61 Å². The van der Waals surface area contributed by atoms with Crippen molar-refractivity contribution in [1.29, 1.82) is 5.26 Å². The molecule has 160 valence electrons. The van der Waals surface area contributed by atoms with E-state index in [0.717, 1.165) is 19.4 Å². The van der Waals surface area contributed by atoms with Gasteiger partial charge in [-0.3, -0.25) is 9.59 Å². The first-order valence-electron chi connectivity index (χ1n) is 9.83. The number of nitrogens with zero attached hydrogens (tertiary/aromatic N) is 1. The van der Waals surface area contributed by atoms with Crippen molar-refractivity contribution in [3.8, 4) is 11.8 Å². The van der Waals surface area contributed by atoms with Crippen LogP contribution in [0.2, 0.25) is 0 Å². The van der Waals surface area contributed by atoms with E-state index in [0.29, 0.717) is 23.5 Å². The molecule has 0 spiro atoms. The van der Waals surface area contributed by atoms with E-state index < -0.39 is 11.7 Å². The fourth-order valence-corrected chi connectivity index (χ4v) is 2.94. The van der Waals surface area contributed by atoms with E-state index in [4.69, 9.17) is 9.47 Å². The number of ether oxygens (including phenoxy) is 2.